The van der Waals surface area contributed by atoms with E-state index in [2.05, 4.69) is 106 Å². The van der Waals surface area contributed by atoms with Gasteiger partial charge in [-0.15, -0.1) is 0 Å². The Morgan fingerprint density at radius 1 is 0.318 bits per heavy atom. The molecule has 0 saturated heterocycles. The summed E-state index contributed by atoms with van der Waals surface area (Å²) in [6.45, 7) is 6.46. The average Bonchev–Trinajstić information content (AvgIpc) is 3.31. The van der Waals surface area contributed by atoms with Crippen LogP contribution in [-0.4, -0.2) is 37.2 Å². The van der Waals surface area contributed by atoms with Crippen molar-refractivity contribution in [3.8, 4) is 0 Å². The van der Waals surface area contributed by atoms with Crippen molar-refractivity contribution in [3.63, 3.8) is 0 Å². The molecule has 6 nitrogen and oxygen atoms in total. The first kappa shape index (κ1) is 62.6. The van der Waals surface area contributed by atoms with Gasteiger partial charge < -0.3 is 14.2 Å². The lowest BCUT2D eigenvalue weighted by Gasteiger charge is -2.18. The van der Waals surface area contributed by atoms with Crippen LogP contribution in [0.2, 0.25) is 0 Å². The summed E-state index contributed by atoms with van der Waals surface area (Å²) < 4.78 is 16.8. The van der Waals surface area contributed by atoms with E-state index in [1.807, 2.05) is 0 Å². The number of unbranched alkanes of at least 4 members (excludes halogenated alkanes) is 24. The van der Waals surface area contributed by atoms with Gasteiger partial charge in [-0.05, 0) is 116 Å². The summed E-state index contributed by atoms with van der Waals surface area (Å²) in [5.74, 6) is -0.917. The van der Waals surface area contributed by atoms with Crippen molar-refractivity contribution in [2.24, 2.45) is 0 Å². The second kappa shape index (κ2) is 54.2. The van der Waals surface area contributed by atoms with Gasteiger partial charge in [-0.1, -0.05) is 209 Å². The second-order valence-electron chi connectivity index (χ2n) is 18.1. The first-order chi connectivity index (χ1) is 32.5. The van der Waals surface area contributed by atoms with Crippen LogP contribution in [0.1, 0.15) is 258 Å². The second-order valence-corrected chi connectivity index (χ2v) is 18.1. The number of ether oxygens (including phenoxy) is 3. The van der Waals surface area contributed by atoms with Gasteiger partial charge in [0.2, 0.25) is 0 Å². The van der Waals surface area contributed by atoms with Crippen LogP contribution in [-0.2, 0) is 28.6 Å². The predicted molar refractivity (Wildman–Crippen MR) is 284 cm³/mol. The molecule has 1 atom stereocenters. The van der Waals surface area contributed by atoms with E-state index in [9.17, 15) is 14.4 Å². The molecule has 0 amide bonds. The minimum absolute atomic E-state index is 0.0890. The van der Waals surface area contributed by atoms with Crippen LogP contribution >= 0.6 is 0 Å². The third-order valence-corrected chi connectivity index (χ3v) is 11.6. The fourth-order valence-electron chi connectivity index (χ4n) is 7.46. The molecule has 0 rings (SSSR count). The van der Waals surface area contributed by atoms with Crippen LogP contribution in [0.4, 0.5) is 0 Å². The molecule has 0 aromatic heterocycles. The zero-order valence-corrected chi connectivity index (χ0v) is 43.2. The molecule has 0 saturated carbocycles. The Bertz CT molecular complexity index is 1290. The summed E-state index contributed by atoms with van der Waals surface area (Å²) in [6, 6.07) is 0. The molecule has 0 spiro atoms. The monoisotopic (exact) mass is 919 g/mol. The summed E-state index contributed by atoms with van der Waals surface area (Å²) in [5, 5.41) is 0. The average molecular weight is 919 g/mol. The zero-order valence-electron chi connectivity index (χ0n) is 43.2. The molecule has 0 fully saturated rings. The SMILES string of the molecule is CC/C=C\C/C=C\C/C=C\C/C=C\CCCCCCCCC(=O)OCC(COC(=O)CCCCCCC/C=C\CCCCC)OC(=O)CCCCCCCCC/C=C\C/C=C\CCCCC. The van der Waals surface area contributed by atoms with Crippen LogP contribution in [0.15, 0.2) is 85.1 Å². The summed E-state index contributed by atoms with van der Waals surface area (Å²) >= 11 is 0. The van der Waals surface area contributed by atoms with Gasteiger partial charge in [0.25, 0.3) is 0 Å². The van der Waals surface area contributed by atoms with E-state index in [1.54, 1.807) is 0 Å². The molecule has 0 aliphatic heterocycles. The number of hydrogen-bond donors (Lipinski definition) is 0. The minimum Gasteiger partial charge on any atom is -0.462 e. The molecule has 0 heterocycles. The lowest BCUT2D eigenvalue weighted by molar-refractivity contribution is -0.167. The lowest BCUT2D eigenvalue weighted by Crippen LogP contribution is -2.30. The van der Waals surface area contributed by atoms with Crippen molar-refractivity contribution in [3.05, 3.63) is 85.1 Å². The predicted octanol–water partition coefficient (Wildman–Crippen LogP) is 18.4. The van der Waals surface area contributed by atoms with E-state index >= 15 is 0 Å². The van der Waals surface area contributed by atoms with Gasteiger partial charge in [-0.2, -0.15) is 0 Å². The smallest absolute Gasteiger partial charge is 0.306 e. The first-order valence-electron chi connectivity index (χ1n) is 27.6. The molecule has 0 radical (unpaired) electrons. The van der Waals surface area contributed by atoms with Crippen molar-refractivity contribution < 1.29 is 28.6 Å². The van der Waals surface area contributed by atoms with Gasteiger partial charge in [0.15, 0.2) is 6.10 Å². The largest absolute Gasteiger partial charge is 0.462 e. The summed E-state index contributed by atoms with van der Waals surface area (Å²) in [7, 11) is 0. The van der Waals surface area contributed by atoms with E-state index < -0.39 is 6.10 Å². The van der Waals surface area contributed by atoms with Crippen LogP contribution < -0.4 is 0 Å². The molecular weight excluding hydrogens is 817 g/mol. The Labute approximate surface area is 407 Å². The van der Waals surface area contributed by atoms with Gasteiger partial charge in [0, 0.05) is 19.3 Å². The molecule has 66 heavy (non-hydrogen) atoms. The van der Waals surface area contributed by atoms with Crippen molar-refractivity contribution in [1.29, 1.82) is 0 Å². The summed E-state index contributed by atoms with van der Waals surface area (Å²) in [5.41, 5.74) is 0. The fourth-order valence-corrected chi connectivity index (χ4v) is 7.46. The summed E-state index contributed by atoms with van der Waals surface area (Å²) in [6.07, 6.45) is 69.9. The Hall–Kier alpha value is -3.41. The number of hydrogen-bond acceptors (Lipinski definition) is 6. The third-order valence-electron chi connectivity index (χ3n) is 11.6. The minimum atomic E-state index is -0.790. The number of rotatable bonds is 49. The highest BCUT2D eigenvalue weighted by atomic mass is 16.6. The Morgan fingerprint density at radius 3 is 0.939 bits per heavy atom. The van der Waals surface area contributed by atoms with E-state index in [0.29, 0.717) is 19.3 Å². The molecule has 0 N–H and O–H groups in total. The molecule has 378 valence electrons. The van der Waals surface area contributed by atoms with Crippen LogP contribution in [0.3, 0.4) is 0 Å². The van der Waals surface area contributed by atoms with Crippen molar-refractivity contribution >= 4 is 17.9 Å². The molecule has 6 heteroatoms. The molecule has 0 aliphatic carbocycles. The van der Waals surface area contributed by atoms with Gasteiger partial charge in [0.1, 0.15) is 13.2 Å². The fraction of sp³-hybridized carbons (Fsp3) is 0.717. The van der Waals surface area contributed by atoms with Crippen molar-refractivity contribution in [1.82, 2.24) is 0 Å². The van der Waals surface area contributed by atoms with Crippen LogP contribution in [0, 0.1) is 0 Å². The van der Waals surface area contributed by atoms with Gasteiger partial charge in [0.05, 0.1) is 0 Å². The van der Waals surface area contributed by atoms with E-state index in [0.717, 1.165) is 109 Å². The molecule has 0 aromatic carbocycles. The summed E-state index contributed by atoms with van der Waals surface area (Å²) in [4.78, 5) is 38.1. The van der Waals surface area contributed by atoms with Crippen molar-refractivity contribution in [2.45, 2.75) is 264 Å². The standard InChI is InChI=1S/C60H102O6/c1-4-7-10-13-16-19-22-25-27-29-30-32-33-35-38-41-44-47-50-53-59(62)65-56-57(55-64-58(61)52-49-46-43-40-37-24-21-18-15-12-9-6-3)66-60(63)54-51-48-45-42-39-36-34-31-28-26-23-20-17-14-11-8-5-2/h7,10,16-21,25-28,30,32,57H,4-6,8-9,11-15,22-24,29,31,33-56H2,1-3H3/b10-7-,19-16-,20-17-,21-18-,27-25-,28-26-,32-30-. The maximum Gasteiger partial charge on any atom is 0.306 e. The maximum atomic E-state index is 12.8. The van der Waals surface area contributed by atoms with E-state index in [4.69, 9.17) is 14.2 Å². The first-order valence-corrected chi connectivity index (χ1v) is 27.6. The Kier molecular flexibility index (Phi) is 51.4. The van der Waals surface area contributed by atoms with Crippen molar-refractivity contribution in [2.75, 3.05) is 13.2 Å². The van der Waals surface area contributed by atoms with Crippen LogP contribution in [0.25, 0.3) is 0 Å². The molecule has 0 aliphatic rings. The highest BCUT2D eigenvalue weighted by Crippen LogP contribution is 2.14. The Morgan fingerprint density at radius 2 is 0.591 bits per heavy atom. The molecule has 0 bridgehead atoms. The molecule has 0 aromatic rings. The Balaban J connectivity index is 4.41. The highest BCUT2D eigenvalue weighted by molar-refractivity contribution is 5.71. The highest BCUT2D eigenvalue weighted by Gasteiger charge is 2.19. The maximum absolute atomic E-state index is 12.8. The van der Waals surface area contributed by atoms with Gasteiger partial charge in [-0.25, -0.2) is 0 Å². The zero-order chi connectivity index (χ0) is 47.9. The van der Waals surface area contributed by atoms with Gasteiger partial charge in [-0.3, -0.25) is 14.4 Å². The van der Waals surface area contributed by atoms with Gasteiger partial charge >= 0.3 is 17.9 Å². The normalized spacial score (nSPS) is 12.7. The van der Waals surface area contributed by atoms with Crippen LogP contribution in [0.5, 0.6) is 0 Å². The van der Waals surface area contributed by atoms with E-state index in [1.165, 1.54) is 109 Å². The lowest BCUT2D eigenvalue weighted by atomic mass is 10.1. The number of carbonyl (C=O) groups is 3. The third kappa shape index (κ3) is 51.6. The number of esters is 3. The number of allylic oxidation sites excluding steroid dienone is 14. The molecule has 1 unspecified atom stereocenters. The van der Waals surface area contributed by atoms with E-state index in [-0.39, 0.29) is 31.1 Å². The number of carbonyl (C=O) groups excluding carboxylic acids is 3. The topological polar surface area (TPSA) is 78.9 Å². The quantitative estimate of drug-likeness (QED) is 0.0262. The molecular formula is C60H102O6.